The third-order valence-corrected chi connectivity index (χ3v) is 4.14. The zero-order valence-corrected chi connectivity index (χ0v) is 14.1. The molecule has 1 saturated heterocycles. The number of hydrogen-bond donors (Lipinski definition) is 1. The SMILES string of the molecule is CCNCc1cnc(N2CCN(C(C)(C)C)CC2)nc1C. The zero-order valence-electron chi connectivity index (χ0n) is 14.1. The van der Waals surface area contributed by atoms with Crippen LogP contribution in [0, 0.1) is 6.92 Å². The Bertz CT molecular complexity index is 458. The fourth-order valence-corrected chi connectivity index (χ4v) is 2.64. The van der Waals surface area contributed by atoms with Crippen LogP contribution in [-0.4, -0.2) is 53.1 Å². The van der Waals surface area contributed by atoms with Crippen LogP contribution >= 0.6 is 0 Å². The molecule has 1 fully saturated rings. The molecule has 0 radical (unpaired) electrons. The van der Waals surface area contributed by atoms with Gasteiger partial charge in [-0.1, -0.05) is 6.92 Å². The molecule has 5 nitrogen and oxygen atoms in total. The molecular weight excluding hydrogens is 262 g/mol. The van der Waals surface area contributed by atoms with Crippen LogP contribution < -0.4 is 10.2 Å². The lowest BCUT2D eigenvalue weighted by Crippen LogP contribution is -2.53. The van der Waals surface area contributed by atoms with Crippen LogP contribution in [0.3, 0.4) is 0 Å². The van der Waals surface area contributed by atoms with E-state index in [1.807, 2.05) is 6.20 Å². The second-order valence-corrected chi connectivity index (χ2v) is 6.71. The molecule has 0 atom stereocenters. The molecular formula is C16H29N5. The fourth-order valence-electron chi connectivity index (χ4n) is 2.64. The first kappa shape index (κ1) is 16.2. The lowest BCUT2D eigenvalue weighted by molar-refractivity contribution is 0.128. The summed E-state index contributed by atoms with van der Waals surface area (Å²) in [5.74, 6) is 0.876. The summed E-state index contributed by atoms with van der Waals surface area (Å²) < 4.78 is 0. The van der Waals surface area contributed by atoms with Gasteiger partial charge in [0.1, 0.15) is 0 Å². The normalized spacial score (nSPS) is 17.3. The minimum absolute atomic E-state index is 0.249. The summed E-state index contributed by atoms with van der Waals surface area (Å²) in [7, 11) is 0. The predicted molar refractivity (Wildman–Crippen MR) is 87.7 cm³/mol. The van der Waals surface area contributed by atoms with Crippen molar-refractivity contribution in [2.24, 2.45) is 0 Å². The second kappa shape index (κ2) is 6.71. The molecule has 21 heavy (non-hydrogen) atoms. The van der Waals surface area contributed by atoms with Gasteiger partial charge in [0, 0.05) is 55.7 Å². The van der Waals surface area contributed by atoms with Crippen LogP contribution in [-0.2, 0) is 6.54 Å². The van der Waals surface area contributed by atoms with Crippen LogP contribution in [0.1, 0.15) is 39.0 Å². The summed E-state index contributed by atoms with van der Waals surface area (Å²) in [6.07, 6.45) is 1.97. The van der Waals surface area contributed by atoms with Crippen molar-refractivity contribution in [3.8, 4) is 0 Å². The van der Waals surface area contributed by atoms with Crippen molar-refractivity contribution in [2.45, 2.75) is 46.7 Å². The van der Waals surface area contributed by atoms with Gasteiger partial charge in [0.05, 0.1) is 0 Å². The Labute approximate surface area is 128 Å². The quantitative estimate of drug-likeness (QED) is 0.916. The van der Waals surface area contributed by atoms with Gasteiger partial charge >= 0.3 is 0 Å². The molecule has 5 heteroatoms. The Hall–Kier alpha value is -1.20. The van der Waals surface area contributed by atoms with Crippen LogP contribution in [0.5, 0.6) is 0 Å². The molecule has 118 valence electrons. The smallest absolute Gasteiger partial charge is 0.225 e. The van der Waals surface area contributed by atoms with Gasteiger partial charge < -0.3 is 10.2 Å². The molecule has 1 aromatic rings. The number of anilines is 1. The van der Waals surface area contributed by atoms with Gasteiger partial charge in [-0.2, -0.15) is 0 Å². The predicted octanol–water partition coefficient (Wildman–Crippen LogP) is 1.82. The minimum atomic E-state index is 0.249. The van der Waals surface area contributed by atoms with Gasteiger partial charge in [0.15, 0.2) is 0 Å². The van der Waals surface area contributed by atoms with E-state index in [2.05, 4.69) is 54.7 Å². The summed E-state index contributed by atoms with van der Waals surface area (Å²) in [5, 5.41) is 3.33. The first-order chi connectivity index (χ1) is 9.91. The third kappa shape index (κ3) is 4.14. The highest BCUT2D eigenvalue weighted by atomic mass is 15.3. The first-order valence-electron chi connectivity index (χ1n) is 7.95. The number of nitrogens with one attached hydrogen (secondary N) is 1. The lowest BCUT2D eigenvalue weighted by atomic mass is 10.1. The van der Waals surface area contributed by atoms with Gasteiger partial charge in [-0.15, -0.1) is 0 Å². The van der Waals surface area contributed by atoms with Crippen molar-refractivity contribution in [2.75, 3.05) is 37.6 Å². The van der Waals surface area contributed by atoms with Crippen molar-refractivity contribution >= 4 is 5.95 Å². The Morgan fingerprint density at radius 2 is 1.86 bits per heavy atom. The Balaban J connectivity index is 1.99. The number of rotatable bonds is 4. The minimum Gasteiger partial charge on any atom is -0.338 e. The molecule has 0 saturated carbocycles. The Kier molecular flexibility index (Phi) is 5.17. The van der Waals surface area contributed by atoms with Crippen molar-refractivity contribution in [1.29, 1.82) is 0 Å². The highest BCUT2D eigenvalue weighted by Crippen LogP contribution is 2.19. The fraction of sp³-hybridized carbons (Fsp3) is 0.750. The van der Waals surface area contributed by atoms with Gasteiger partial charge in [-0.3, -0.25) is 4.90 Å². The van der Waals surface area contributed by atoms with Crippen molar-refractivity contribution in [3.05, 3.63) is 17.5 Å². The summed E-state index contributed by atoms with van der Waals surface area (Å²) in [5.41, 5.74) is 2.52. The lowest BCUT2D eigenvalue weighted by Gasteiger charge is -2.42. The van der Waals surface area contributed by atoms with E-state index in [1.165, 1.54) is 5.56 Å². The maximum Gasteiger partial charge on any atom is 0.225 e. The van der Waals surface area contributed by atoms with Gasteiger partial charge in [0.25, 0.3) is 0 Å². The van der Waals surface area contributed by atoms with Gasteiger partial charge in [-0.25, -0.2) is 9.97 Å². The van der Waals surface area contributed by atoms with Gasteiger partial charge in [-0.05, 0) is 34.2 Å². The van der Waals surface area contributed by atoms with E-state index >= 15 is 0 Å². The van der Waals surface area contributed by atoms with Crippen LogP contribution in [0.25, 0.3) is 0 Å². The number of aryl methyl sites for hydroxylation is 1. The van der Waals surface area contributed by atoms with E-state index in [0.29, 0.717) is 0 Å². The van der Waals surface area contributed by atoms with Gasteiger partial charge in [0.2, 0.25) is 5.95 Å². The first-order valence-corrected chi connectivity index (χ1v) is 7.95. The maximum atomic E-state index is 4.69. The molecule has 0 bridgehead atoms. The molecule has 0 aliphatic carbocycles. The average molecular weight is 291 g/mol. The van der Waals surface area contributed by atoms with E-state index in [9.17, 15) is 0 Å². The molecule has 0 unspecified atom stereocenters. The number of aromatic nitrogens is 2. The third-order valence-electron chi connectivity index (χ3n) is 4.14. The summed E-state index contributed by atoms with van der Waals surface area (Å²) >= 11 is 0. The summed E-state index contributed by atoms with van der Waals surface area (Å²) in [6, 6.07) is 0. The molecule has 2 heterocycles. The van der Waals surface area contributed by atoms with Crippen molar-refractivity contribution < 1.29 is 0 Å². The van der Waals surface area contributed by atoms with E-state index in [-0.39, 0.29) is 5.54 Å². The average Bonchev–Trinajstić information content (AvgIpc) is 2.45. The molecule has 0 aromatic carbocycles. The van der Waals surface area contributed by atoms with E-state index in [4.69, 9.17) is 4.98 Å². The zero-order chi connectivity index (χ0) is 15.5. The number of hydrogen-bond acceptors (Lipinski definition) is 5. The number of piperazine rings is 1. The molecule has 2 rings (SSSR count). The summed E-state index contributed by atoms with van der Waals surface area (Å²) in [4.78, 5) is 14.1. The van der Waals surface area contributed by atoms with Crippen molar-refractivity contribution in [1.82, 2.24) is 20.2 Å². The van der Waals surface area contributed by atoms with E-state index < -0.39 is 0 Å². The van der Waals surface area contributed by atoms with E-state index in [0.717, 1.165) is 50.9 Å². The maximum absolute atomic E-state index is 4.69. The Morgan fingerprint density at radius 3 is 2.38 bits per heavy atom. The second-order valence-electron chi connectivity index (χ2n) is 6.71. The van der Waals surface area contributed by atoms with Crippen LogP contribution in [0.15, 0.2) is 6.20 Å². The monoisotopic (exact) mass is 291 g/mol. The Morgan fingerprint density at radius 1 is 1.19 bits per heavy atom. The topological polar surface area (TPSA) is 44.3 Å². The molecule has 1 N–H and O–H groups in total. The highest BCUT2D eigenvalue weighted by molar-refractivity contribution is 5.33. The molecule has 1 aliphatic heterocycles. The molecule has 1 aliphatic rings. The van der Waals surface area contributed by atoms with Crippen LogP contribution in [0.2, 0.25) is 0 Å². The highest BCUT2D eigenvalue weighted by Gasteiger charge is 2.26. The summed E-state index contributed by atoms with van der Waals surface area (Å²) in [6.45, 7) is 17.0. The molecule has 1 aromatic heterocycles. The largest absolute Gasteiger partial charge is 0.338 e. The van der Waals surface area contributed by atoms with E-state index in [1.54, 1.807) is 0 Å². The number of nitrogens with zero attached hydrogens (tertiary/aromatic N) is 4. The standard InChI is InChI=1S/C16H29N5/c1-6-17-11-14-12-18-15(19-13(14)2)20-7-9-21(10-8-20)16(3,4)5/h12,17H,6-11H2,1-5H3. The molecule has 0 amide bonds. The molecule has 0 spiro atoms. The van der Waals surface area contributed by atoms with Crippen LogP contribution in [0.4, 0.5) is 5.95 Å². The van der Waals surface area contributed by atoms with Crippen molar-refractivity contribution in [3.63, 3.8) is 0 Å².